The number of fused-ring (bicyclic) bond motifs is 1. The van der Waals surface area contributed by atoms with Gasteiger partial charge in [-0.25, -0.2) is 4.98 Å². The Morgan fingerprint density at radius 3 is 2.95 bits per heavy atom. The number of imidazole rings is 1. The van der Waals surface area contributed by atoms with Crippen molar-refractivity contribution in [1.29, 1.82) is 0 Å². The Kier molecular flexibility index (Phi) is 4.19. The molecule has 0 spiro atoms. The second-order valence-electron chi connectivity index (χ2n) is 4.92. The Labute approximate surface area is 133 Å². The van der Waals surface area contributed by atoms with Crippen molar-refractivity contribution in [2.24, 2.45) is 0 Å². The zero-order chi connectivity index (χ0) is 14.8. The van der Waals surface area contributed by atoms with E-state index in [0.717, 1.165) is 32.7 Å². The largest absolute Gasteiger partial charge is 0.333 e. The number of nitrogens with one attached hydrogen (secondary N) is 2. The van der Waals surface area contributed by atoms with Crippen LogP contribution in [0.3, 0.4) is 0 Å². The van der Waals surface area contributed by atoms with Crippen molar-refractivity contribution in [3.05, 3.63) is 52.5 Å². The molecule has 0 atom stereocenters. The minimum absolute atomic E-state index is 0.754. The van der Waals surface area contributed by atoms with Crippen LogP contribution in [0.25, 0.3) is 11.0 Å². The van der Waals surface area contributed by atoms with Crippen LogP contribution in [0.15, 0.2) is 46.5 Å². The fraction of sp³-hybridized carbons (Fsp3) is 0.188. The third-order valence-corrected chi connectivity index (χ3v) is 4.73. The second kappa shape index (κ2) is 6.10. The van der Waals surface area contributed by atoms with Crippen LogP contribution in [0.1, 0.15) is 11.1 Å². The third kappa shape index (κ3) is 3.07. The number of aryl methyl sites for hydroxylation is 1. The highest BCUT2D eigenvalue weighted by Crippen LogP contribution is 2.35. The van der Waals surface area contributed by atoms with Crippen molar-refractivity contribution in [2.45, 2.75) is 23.5 Å². The van der Waals surface area contributed by atoms with Crippen LogP contribution in [-0.2, 0) is 6.54 Å². The summed E-state index contributed by atoms with van der Waals surface area (Å²) in [6, 6.07) is 12.2. The number of benzene rings is 2. The molecule has 108 valence electrons. The Bertz CT molecular complexity index is 782. The van der Waals surface area contributed by atoms with Gasteiger partial charge in [0.05, 0.1) is 16.1 Å². The van der Waals surface area contributed by atoms with Crippen molar-refractivity contribution < 1.29 is 0 Å². The van der Waals surface area contributed by atoms with E-state index in [2.05, 4.69) is 40.4 Å². The van der Waals surface area contributed by atoms with E-state index >= 15 is 0 Å². The van der Waals surface area contributed by atoms with Crippen LogP contribution in [0.5, 0.6) is 0 Å². The van der Waals surface area contributed by atoms with Crippen molar-refractivity contribution in [3.8, 4) is 0 Å². The van der Waals surface area contributed by atoms with Crippen LogP contribution < -0.4 is 5.32 Å². The van der Waals surface area contributed by atoms with Gasteiger partial charge >= 0.3 is 0 Å². The second-order valence-corrected chi connectivity index (χ2v) is 6.33. The molecule has 0 aliphatic carbocycles. The van der Waals surface area contributed by atoms with Crippen LogP contribution in [-0.4, -0.2) is 17.0 Å². The monoisotopic (exact) mass is 317 g/mol. The summed E-state index contributed by atoms with van der Waals surface area (Å²) in [5, 5.41) is 4.79. The van der Waals surface area contributed by atoms with Crippen LogP contribution >= 0.6 is 23.4 Å². The van der Waals surface area contributed by atoms with Gasteiger partial charge in [-0.3, -0.25) is 0 Å². The van der Waals surface area contributed by atoms with E-state index in [4.69, 9.17) is 11.6 Å². The van der Waals surface area contributed by atoms with Gasteiger partial charge in [0.1, 0.15) is 0 Å². The van der Waals surface area contributed by atoms with E-state index < -0.39 is 0 Å². The quantitative estimate of drug-likeness (QED) is 0.749. The fourth-order valence-corrected chi connectivity index (χ4v) is 3.49. The maximum Gasteiger partial charge on any atom is 0.171 e. The summed E-state index contributed by atoms with van der Waals surface area (Å²) in [4.78, 5) is 9.02. The molecular formula is C16H16ClN3S. The molecule has 3 nitrogen and oxygen atoms in total. The summed E-state index contributed by atoms with van der Waals surface area (Å²) in [6.07, 6.45) is 0. The minimum Gasteiger partial charge on any atom is -0.333 e. The SMILES string of the molecule is CNCc1cccc(Cl)c1Sc1nc2ccc(C)cc2[nH]1. The molecule has 0 bridgehead atoms. The maximum atomic E-state index is 6.35. The molecule has 5 heteroatoms. The molecule has 1 aromatic heterocycles. The molecule has 21 heavy (non-hydrogen) atoms. The van der Waals surface area contributed by atoms with Gasteiger partial charge in [-0.1, -0.05) is 29.8 Å². The lowest BCUT2D eigenvalue weighted by Gasteiger charge is -2.09. The molecule has 0 unspecified atom stereocenters. The van der Waals surface area contributed by atoms with E-state index in [1.54, 1.807) is 11.8 Å². The number of aromatic amines is 1. The van der Waals surface area contributed by atoms with Gasteiger partial charge < -0.3 is 10.3 Å². The molecule has 0 aliphatic rings. The van der Waals surface area contributed by atoms with Crippen LogP contribution in [0, 0.1) is 6.92 Å². The molecule has 0 fully saturated rings. The molecule has 0 saturated heterocycles. The first-order valence-corrected chi connectivity index (χ1v) is 7.93. The number of halogens is 1. The lowest BCUT2D eigenvalue weighted by molar-refractivity contribution is 0.803. The van der Waals surface area contributed by atoms with Gasteiger partial charge in [0.25, 0.3) is 0 Å². The minimum atomic E-state index is 0.754. The normalized spacial score (nSPS) is 11.2. The van der Waals surface area contributed by atoms with Gasteiger partial charge in [-0.15, -0.1) is 0 Å². The molecule has 0 saturated carbocycles. The highest BCUT2D eigenvalue weighted by atomic mass is 35.5. The molecule has 0 amide bonds. The molecule has 0 radical (unpaired) electrons. The fourth-order valence-electron chi connectivity index (χ4n) is 2.24. The predicted molar refractivity (Wildman–Crippen MR) is 89.2 cm³/mol. The number of rotatable bonds is 4. The van der Waals surface area contributed by atoms with Gasteiger partial charge in [0, 0.05) is 11.4 Å². The van der Waals surface area contributed by atoms with Crippen molar-refractivity contribution in [2.75, 3.05) is 7.05 Å². The van der Waals surface area contributed by atoms with Crippen LogP contribution in [0.4, 0.5) is 0 Å². The smallest absolute Gasteiger partial charge is 0.171 e. The molecule has 3 rings (SSSR count). The van der Waals surface area contributed by atoms with Gasteiger partial charge in [0.2, 0.25) is 0 Å². The van der Waals surface area contributed by atoms with E-state index in [0.29, 0.717) is 0 Å². The molecule has 3 aromatic rings. The average Bonchev–Trinajstić information content (AvgIpc) is 2.84. The van der Waals surface area contributed by atoms with Crippen molar-refractivity contribution in [1.82, 2.24) is 15.3 Å². The zero-order valence-electron chi connectivity index (χ0n) is 11.9. The Balaban J connectivity index is 1.98. The average molecular weight is 318 g/mol. The Morgan fingerprint density at radius 2 is 2.14 bits per heavy atom. The number of H-pyrrole nitrogens is 1. The number of nitrogens with zero attached hydrogens (tertiary/aromatic N) is 1. The number of hydrogen-bond donors (Lipinski definition) is 2. The Morgan fingerprint density at radius 1 is 1.29 bits per heavy atom. The first-order valence-electron chi connectivity index (χ1n) is 6.73. The lowest BCUT2D eigenvalue weighted by Crippen LogP contribution is -2.06. The molecule has 1 heterocycles. The van der Waals surface area contributed by atoms with Crippen LogP contribution in [0.2, 0.25) is 5.02 Å². The zero-order valence-corrected chi connectivity index (χ0v) is 13.5. The Hall–Kier alpha value is -1.49. The van der Waals surface area contributed by atoms with Crippen molar-refractivity contribution >= 4 is 34.4 Å². The molecule has 2 N–H and O–H groups in total. The van der Waals surface area contributed by atoms with E-state index in [1.807, 2.05) is 25.2 Å². The number of hydrogen-bond acceptors (Lipinski definition) is 3. The standard InChI is InChI=1S/C16H16ClN3S/c1-10-6-7-13-14(8-10)20-16(19-13)21-15-11(9-18-2)4-3-5-12(15)17/h3-8,18H,9H2,1-2H3,(H,19,20). The lowest BCUT2D eigenvalue weighted by atomic mass is 10.2. The molecule has 0 aliphatic heterocycles. The summed E-state index contributed by atoms with van der Waals surface area (Å²) in [5.74, 6) is 0. The van der Waals surface area contributed by atoms with E-state index in [1.165, 1.54) is 11.1 Å². The summed E-state index contributed by atoms with van der Waals surface area (Å²) >= 11 is 7.92. The van der Waals surface area contributed by atoms with Gasteiger partial charge in [-0.2, -0.15) is 0 Å². The van der Waals surface area contributed by atoms with Gasteiger partial charge in [-0.05, 0) is 55.1 Å². The summed E-state index contributed by atoms with van der Waals surface area (Å²) < 4.78 is 0. The molecule has 2 aromatic carbocycles. The summed E-state index contributed by atoms with van der Waals surface area (Å²) in [7, 11) is 1.93. The topological polar surface area (TPSA) is 40.7 Å². The third-order valence-electron chi connectivity index (χ3n) is 3.23. The highest BCUT2D eigenvalue weighted by Gasteiger charge is 2.11. The first-order chi connectivity index (χ1) is 10.2. The summed E-state index contributed by atoms with van der Waals surface area (Å²) in [6.45, 7) is 2.86. The molecular weight excluding hydrogens is 302 g/mol. The maximum absolute atomic E-state index is 6.35. The first kappa shape index (κ1) is 14.4. The van der Waals surface area contributed by atoms with Crippen molar-refractivity contribution in [3.63, 3.8) is 0 Å². The van der Waals surface area contributed by atoms with E-state index in [-0.39, 0.29) is 0 Å². The van der Waals surface area contributed by atoms with E-state index in [9.17, 15) is 0 Å². The predicted octanol–water partition coefficient (Wildman–Crippen LogP) is 4.40. The highest BCUT2D eigenvalue weighted by molar-refractivity contribution is 7.99. The van der Waals surface area contributed by atoms with Gasteiger partial charge in [0.15, 0.2) is 5.16 Å². The number of aromatic nitrogens is 2. The summed E-state index contributed by atoms with van der Waals surface area (Å²) in [5.41, 5.74) is 4.42.